The van der Waals surface area contributed by atoms with Crippen LogP contribution in [0.15, 0.2) is 5.51 Å². The third-order valence-corrected chi connectivity index (χ3v) is 4.62. The maximum atomic E-state index is 12.1. The highest BCUT2D eigenvalue weighted by molar-refractivity contribution is 7.09. The Hall–Kier alpha value is -1.43. The molecule has 2 N–H and O–H groups in total. The number of aryl methyl sites for hydroxylation is 1. The van der Waals surface area contributed by atoms with Gasteiger partial charge in [-0.05, 0) is 19.8 Å². The lowest BCUT2D eigenvalue weighted by Gasteiger charge is -2.27. The summed E-state index contributed by atoms with van der Waals surface area (Å²) in [5, 5.41) is 12.0. The Kier molecular flexibility index (Phi) is 4.52. The molecule has 1 fully saturated rings. The molecule has 1 aromatic rings. The van der Waals surface area contributed by atoms with Crippen LogP contribution >= 0.6 is 11.3 Å². The summed E-state index contributed by atoms with van der Waals surface area (Å²) in [6.07, 6.45) is 3.10. The highest BCUT2D eigenvalue weighted by Gasteiger charge is 2.35. The number of hydrogen-bond acceptors (Lipinski definition) is 4. The van der Waals surface area contributed by atoms with Gasteiger partial charge in [-0.1, -0.05) is 12.8 Å². The molecule has 1 saturated carbocycles. The van der Waals surface area contributed by atoms with E-state index in [9.17, 15) is 9.59 Å². The topological polar surface area (TPSA) is 79.3 Å². The minimum Gasteiger partial charge on any atom is -0.481 e. The molecule has 2 rings (SSSR count). The minimum absolute atomic E-state index is 0.139. The van der Waals surface area contributed by atoms with E-state index in [1.165, 1.54) is 11.3 Å². The molecule has 0 bridgehead atoms. The van der Waals surface area contributed by atoms with E-state index in [1.54, 1.807) is 5.51 Å². The van der Waals surface area contributed by atoms with Gasteiger partial charge in [-0.2, -0.15) is 0 Å². The second-order valence-electron chi connectivity index (χ2n) is 4.91. The lowest BCUT2D eigenvalue weighted by Crippen LogP contribution is -2.39. The molecule has 1 aliphatic rings. The van der Waals surface area contributed by atoms with Gasteiger partial charge >= 0.3 is 5.97 Å². The second kappa shape index (κ2) is 6.14. The molecule has 2 atom stereocenters. The first kappa shape index (κ1) is 14.0. The van der Waals surface area contributed by atoms with Crippen molar-refractivity contribution in [2.45, 2.75) is 39.2 Å². The zero-order valence-electron chi connectivity index (χ0n) is 10.9. The van der Waals surface area contributed by atoms with Crippen LogP contribution in [0.5, 0.6) is 0 Å². The van der Waals surface area contributed by atoms with Gasteiger partial charge in [-0.15, -0.1) is 11.3 Å². The molecular weight excluding hydrogens is 264 g/mol. The molecule has 5 nitrogen and oxygen atoms in total. The number of carboxylic acids is 1. The first-order valence-electron chi connectivity index (χ1n) is 6.49. The fraction of sp³-hybridized carbons (Fsp3) is 0.615. The van der Waals surface area contributed by atoms with Crippen molar-refractivity contribution in [2.75, 3.05) is 0 Å². The minimum atomic E-state index is -0.853. The normalized spacial score (nSPS) is 23.0. The van der Waals surface area contributed by atoms with E-state index in [2.05, 4.69) is 10.3 Å². The highest BCUT2D eigenvalue weighted by atomic mass is 32.1. The number of carboxylic acid groups (broad SMARTS) is 1. The zero-order valence-corrected chi connectivity index (χ0v) is 11.7. The summed E-state index contributed by atoms with van der Waals surface area (Å²) in [5.74, 6) is -1.91. The van der Waals surface area contributed by atoms with E-state index >= 15 is 0 Å². The van der Waals surface area contributed by atoms with E-state index in [-0.39, 0.29) is 11.8 Å². The molecule has 104 valence electrons. The number of rotatable bonds is 4. The van der Waals surface area contributed by atoms with Crippen LogP contribution in [-0.4, -0.2) is 22.0 Å². The number of aromatic nitrogens is 1. The third kappa shape index (κ3) is 3.32. The highest BCUT2D eigenvalue weighted by Crippen LogP contribution is 2.30. The number of nitrogens with one attached hydrogen (secondary N) is 1. The molecule has 0 aromatic carbocycles. The van der Waals surface area contributed by atoms with Crippen molar-refractivity contribution in [3.63, 3.8) is 0 Å². The fourth-order valence-corrected chi connectivity index (χ4v) is 3.25. The van der Waals surface area contributed by atoms with Crippen LogP contribution in [0, 0.1) is 18.8 Å². The number of nitrogens with zero attached hydrogens (tertiary/aromatic N) is 1. The smallest absolute Gasteiger partial charge is 0.307 e. The lowest BCUT2D eigenvalue weighted by atomic mass is 9.79. The summed E-state index contributed by atoms with van der Waals surface area (Å²) in [4.78, 5) is 28.4. The van der Waals surface area contributed by atoms with Crippen LogP contribution in [-0.2, 0) is 16.1 Å². The number of hydrogen-bond donors (Lipinski definition) is 2. The average Bonchev–Trinajstić information content (AvgIpc) is 2.81. The van der Waals surface area contributed by atoms with Crippen molar-refractivity contribution in [1.29, 1.82) is 0 Å². The van der Waals surface area contributed by atoms with Gasteiger partial charge in [0.15, 0.2) is 0 Å². The molecule has 0 aliphatic heterocycles. The largest absolute Gasteiger partial charge is 0.481 e. The van der Waals surface area contributed by atoms with E-state index < -0.39 is 11.9 Å². The van der Waals surface area contributed by atoms with Crippen molar-refractivity contribution >= 4 is 23.2 Å². The summed E-state index contributed by atoms with van der Waals surface area (Å²) < 4.78 is 0. The van der Waals surface area contributed by atoms with Gasteiger partial charge in [-0.25, -0.2) is 4.98 Å². The molecule has 1 amide bonds. The van der Waals surface area contributed by atoms with Crippen molar-refractivity contribution in [1.82, 2.24) is 10.3 Å². The van der Waals surface area contributed by atoms with Crippen LogP contribution in [0.4, 0.5) is 0 Å². The molecule has 0 radical (unpaired) electrons. The van der Waals surface area contributed by atoms with Gasteiger partial charge in [-0.3, -0.25) is 9.59 Å². The van der Waals surface area contributed by atoms with Gasteiger partial charge < -0.3 is 10.4 Å². The predicted octanol–water partition coefficient (Wildman–Crippen LogP) is 1.96. The first-order chi connectivity index (χ1) is 9.09. The standard InChI is InChI=1S/C13H18N2O3S/c1-8-11(19-7-15-8)6-14-12(16)9-4-2-3-5-10(9)13(17)18/h7,9-10H,2-6H2,1H3,(H,14,16)(H,17,18)/t9-,10+/m1/s1. The summed E-state index contributed by atoms with van der Waals surface area (Å²) >= 11 is 1.50. The summed E-state index contributed by atoms with van der Waals surface area (Å²) in [7, 11) is 0. The molecule has 1 aromatic heterocycles. The lowest BCUT2D eigenvalue weighted by molar-refractivity contribution is -0.148. The molecular formula is C13H18N2O3S. The van der Waals surface area contributed by atoms with Gasteiger partial charge in [0, 0.05) is 4.88 Å². The van der Waals surface area contributed by atoms with Crippen LogP contribution in [0.2, 0.25) is 0 Å². The maximum Gasteiger partial charge on any atom is 0.307 e. The quantitative estimate of drug-likeness (QED) is 0.884. The zero-order chi connectivity index (χ0) is 13.8. The SMILES string of the molecule is Cc1ncsc1CNC(=O)[C@@H]1CCCC[C@@H]1C(=O)O. The van der Waals surface area contributed by atoms with Gasteiger partial charge in [0.25, 0.3) is 0 Å². The van der Waals surface area contributed by atoms with Crippen molar-refractivity contribution in [3.8, 4) is 0 Å². The number of carbonyl (C=O) groups excluding carboxylic acids is 1. The molecule has 1 heterocycles. The Morgan fingerprint density at radius 2 is 2.11 bits per heavy atom. The van der Waals surface area contributed by atoms with Crippen LogP contribution < -0.4 is 5.32 Å². The predicted molar refractivity (Wildman–Crippen MR) is 71.8 cm³/mol. The Bertz CT molecular complexity index is 472. The Morgan fingerprint density at radius 1 is 1.42 bits per heavy atom. The summed E-state index contributed by atoms with van der Waals surface area (Å²) in [6, 6.07) is 0. The molecule has 1 aliphatic carbocycles. The van der Waals surface area contributed by atoms with Crippen LogP contribution in [0.25, 0.3) is 0 Å². The number of carbonyl (C=O) groups is 2. The van der Waals surface area contributed by atoms with Crippen molar-refractivity contribution < 1.29 is 14.7 Å². The Balaban J connectivity index is 1.94. The molecule has 6 heteroatoms. The first-order valence-corrected chi connectivity index (χ1v) is 7.37. The van der Waals surface area contributed by atoms with E-state index in [0.29, 0.717) is 19.4 Å². The van der Waals surface area contributed by atoms with Crippen LogP contribution in [0.1, 0.15) is 36.3 Å². The molecule has 0 saturated heterocycles. The monoisotopic (exact) mass is 282 g/mol. The Labute approximate surface area is 116 Å². The summed E-state index contributed by atoms with van der Waals surface area (Å²) in [6.45, 7) is 2.34. The fourth-order valence-electron chi connectivity index (χ4n) is 2.53. The van der Waals surface area contributed by atoms with Gasteiger partial charge in [0.05, 0.1) is 29.6 Å². The molecule has 0 spiro atoms. The second-order valence-corrected chi connectivity index (χ2v) is 5.85. The molecule has 0 unspecified atom stereocenters. The maximum absolute atomic E-state index is 12.1. The third-order valence-electron chi connectivity index (χ3n) is 3.69. The van der Waals surface area contributed by atoms with E-state index in [0.717, 1.165) is 23.4 Å². The van der Waals surface area contributed by atoms with Gasteiger partial charge in [0.1, 0.15) is 0 Å². The van der Waals surface area contributed by atoms with E-state index in [1.807, 2.05) is 6.92 Å². The number of thiazole rings is 1. The van der Waals surface area contributed by atoms with Crippen molar-refractivity contribution in [2.24, 2.45) is 11.8 Å². The number of aliphatic carboxylic acids is 1. The van der Waals surface area contributed by atoms with Crippen LogP contribution in [0.3, 0.4) is 0 Å². The summed E-state index contributed by atoms with van der Waals surface area (Å²) in [5.41, 5.74) is 2.67. The number of amides is 1. The molecule has 19 heavy (non-hydrogen) atoms. The Morgan fingerprint density at radius 3 is 2.68 bits per heavy atom. The average molecular weight is 282 g/mol. The van der Waals surface area contributed by atoms with E-state index in [4.69, 9.17) is 5.11 Å². The van der Waals surface area contributed by atoms with Gasteiger partial charge in [0.2, 0.25) is 5.91 Å². The van der Waals surface area contributed by atoms with Crippen molar-refractivity contribution in [3.05, 3.63) is 16.1 Å².